The van der Waals surface area contributed by atoms with E-state index in [1.807, 2.05) is 13.8 Å². The number of ether oxygens (including phenoxy) is 1. The van der Waals surface area contributed by atoms with Crippen LogP contribution in [0, 0.1) is 11.8 Å². The highest BCUT2D eigenvalue weighted by Gasteiger charge is 2.29. The van der Waals surface area contributed by atoms with Gasteiger partial charge in [0.25, 0.3) is 0 Å². The predicted molar refractivity (Wildman–Crippen MR) is 50.3 cm³/mol. The second-order valence-corrected chi connectivity index (χ2v) is 3.23. The van der Waals surface area contributed by atoms with Gasteiger partial charge < -0.3 is 4.74 Å². The Morgan fingerprint density at radius 3 is 2.15 bits per heavy atom. The number of Topliss-reactive ketones (excluding diaryl/α,β-unsaturated/α-hetero) is 1. The van der Waals surface area contributed by atoms with E-state index in [9.17, 15) is 9.59 Å². The summed E-state index contributed by atoms with van der Waals surface area (Å²) in [5.74, 6) is -1.00. The summed E-state index contributed by atoms with van der Waals surface area (Å²) < 4.78 is 4.83. The van der Waals surface area contributed by atoms with E-state index in [4.69, 9.17) is 4.74 Å². The molecular formula is C10H18O3. The third-order valence-electron chi connectivity index (χ3n) is 2.19. The molecule has 0 aromatic rings. The summed E-state index contributed by atoms with van der Waals surface area (Å²) >= 11 is 0. The summed E-state index contributed by atoms with van der Waals surface area (Å²) in [6.07, 6.45) is 0.809. The Hall–Kier alpha value is -0.860. The lowest BCUT2D eigenvalue weighted by Gasteiger charge is -2.17. The summed E-state index contributed by atoms with van der Waals surface area (Å²) in [5.41, 5.74) is 0. The summed E-state index contributed by atoms with van der Waals surface area (Å²) in [6.45, 7) is 7.36. The van der Waals surface area contributed by atoms with Gasteiger partial charge in [-0.25, -0.2) is 0 Å². The lowest BCUT2D eigenvalue weighted by Crippen LogP contribution is -2.30. The van der Waals surface area contributed by atoms with Gasteiger partial charge in [0.1, 0.15) is 11.7 Å². The number of esters is 1. The molecule has 0 spiro atoms. The Kier molecular flexibility index (Phi) is 5.35. The second-order valence-electron chi connectivity index (χ2n) is 3.23. The highest BCUT2D eigenvalue weighted by molar-refractivity contribution is 5.97. The highest BCUT2D eigenvalue weighted by atomic mass is 16.5. The average molecular weight is 186 g/mol. The topological polar surface area (TPSA) is 43.4 Å². The fourth-order valence-corrected chi connectivity index (χ4v) is 1.27. The van der Waals surface area contributed by atoms with Crippen molar-refractivity contribution < 1.29 is 14.3 Å². The van der Waals surface area contributed by atoms with E-state index >= 15 is 0 Å². The van der Waals surface area contributed by atoms with Crippen molar-refractivity contribution in [1.82, 2.24) is 0 Å². The van der Waals surface area contributed by atoms with Crippen molar-refractivity contribution in [2.75, 3.05) is 6.61 Å². The van der Waals surface area contributed by atoms with Gasteiger partial charge in [-0.3, -0.25) is 9.59 Å². The maximum absolute atomic E-state index is 11.3. The van der Waals surface area contributed by atoms with Gasteiger partial charge >= 0.3 is 5.97 Å². The van der Waals surface area contributed by atoms with Crippen LogP contribution in [0.3, 0.4) is 0 Å². The van der Waals surface area contributed by atoms with E-state index in [1.54, 1.807) is 6.92 Å². The maximum atomic E-state index is 11.3. The van der Waals surface area contributed by atoms with Crippen LogP contribution in [0.4, 0.5) is 0 Å². The smallest absolute Gasteiger partial charge is 0.316 e. The molecule has 0 aromatic carbocycles. The maximum Gasteiger partial charge on any atom is 0.316 e. The lowest BCUT2D eigenvalue weighted by atomic mass is 9.89. The minimum Gasteiger partial charge on any atom is -0.465 e. The molecule has 0 N–H and O–H groups in total. The zero-order valence-electron chi connectivity index (χ0n) is 8.79. The molecule has 0 saturated heterocycles. The molecular weight excluding hydrogens is 168 g/mol. The molecule has 0 saturated carbocycles. The van der Waals surface area contributed by atoms with E-state index in [0.717, 1.165) is 6.42 Å². The zero-order valence-corrected chi connectivity index (χ0v) is 8.79. The van der Waals surface area contributed by atoms with Crippen LogP contribution >= 0.6 is 0 Å². The molecule has 76 valence electrons. The van der Waals surface area contributed by atoms with Crippen LogP contribution in [0.25, 0.3) is 0 Å². The van der Waals surface area contributed by atoms with Crippen molar-refractivity contribution in [3.63, 3.8) is 0 Å². The SMILES string of the molecule is CCOC(=O)[C@H](C(C)=O)[C@H](C)CC. The van der Waals surface area contributed by atoms with Gasteiger partial charge in [0.05, 0.1) is 6.61 Å². The van der Waals surface area contributed by atoms with E-state index in [-0.39, 0.29) is 17.7 Å². The number of rotatable bonds is 5. The first-order chi connectivity index (χ1) is 6.04. The molecule has 0 radical (unpaired) electrons. The Labute approximate surface area is 79.5 Å². The van der Waals surface area contributed by atoms with Crippen LogP contribution in [0.1, 0.15) is 34.1 Å². The van der Waals surface area contributed by atoms with Crippen LogP contribution in [0.15, 0.2) is 0 Å². The first-order valence-electron chi connectivity index (χ1n) is 4.71. The fourth-order valence-electron chi connectivity index (χ4n) is 1.27. The van der Waals surface area contributed by atoms with Crippen LogP contribution < -0.4 is 0 Å². The van der Waals surface area contributed by atoms with Gasteiger partial charge in [0, 0.05) is 0 Å². The number of hydrogen-bond acceptors (Lipinski definition) is 3. The molecule has 13 heavy (non-hydrogen) atoms. The molecule has 0 aromatic heterocycles. The molecule has 0 bridgehead atoms. The largest absolute Gasteiger partial charge is 0.465 e. The van der Waals surface area contributed by atoms with E-state index in [2.05, 4.69) is 0 Å². The van der Waals surface area contributed by atoms with E-state index in [0.29, 0.717) is 6.61 Å². The summed E-state index contributed by atoms with van der Waals surface area (Å²) in [7, 11) is 0. The van der Waals surface area contributed by atoms with Crippen molar-refractivity contribution in [2.24, 2.45) is 11.8 Å². The zero-order chi connectivity index (χ0) is 10.4. The van der Waals surface area contributed by atoms with Gasteiger partial charge in [-0.2, -0.15) is 0 Å². The van der Waals surface area contributed by atoms with Crippen molar-refractivity contribution in [1.29, 1.82) is 0 Å². The predicted octanol–water partition coefficient (Wildman–Crippen LogP) is 1.80. The molecule has 0 unspecified atom stereocenters. The fraction of sp³-hybridized carbons (Fsp3) is 0.800. The monoisotopic (exact) mass is 186 g/mol. The van der Waals surface area contributed by atoms with Crippen LogP contribution in [0.2, 0.25) is 0 Å². The average Bonchev–Trinajstić information content (AvgIpc) is 2.04. The van der Waals surface area contributed by atoms with Crippen LogP contribution in [-0.2, 0) is 14.3 Å². The number of hydrogen-bond donors (Lipinski definition) is 0. The first-order valence-corrected chi connectivity index (χ1v) is 4.71. The van der Waals surface area contributed by atoms with Crippen LogP contribution in [0.5, 0.6) is 0 Å². The Morgan fingerprint density at radius 2 is 1.85 bits per heavy atom. The summed E-state index contributed by atoms with van der Waals surface area (Å²) in [4.78, 5) is 22.5. The van der Waals surface area contributed by atoms with E-state index in [1.165, 1.54) is 6.92 Å². The number of ketones is 1. The molecule has 0 aliphatic carbocycles. The third kappa shape index (κ3) is 3.57. The Bertz CT molecular complexity index is 187. The molecule has 3 nitrogen and oxygen atoms in total. The Morgan fingerprint density at radius 1 is 1.31 bits per heavy atom. The molecule has 0 amide bonds. The van der Waals surface area contributed by atoms with Gasteiger partial charge in [-0.15, -0.1) is 0 Å². The molecule has 0 heterocycles. The van der Waals surface area contributed by atoms with Gasteiger partial charge in [-0.1, -0.05) is 20.3 Å². The lowest BCUT2D eigenvalue weighted by molar-refractivity contribution is -0.153. The minimum absolute atomic E-state index is 0.0662. The van der Waals surface area contributed by atoms with Crippen molar-refractivity contribution in [3.05, 3.63) is 0 Å². The van der Waals surface area contributed by atoms with Crippen molar-refractivity contribution >= 4 is 11.8 Å². The quantitative estimate of drug-likeness (QED) is 0.485. The Balaban J connectivity index is 4.41. The van der Waals surface area contributed by atoms with Crippen molar-refractivity contribution in [3.8, 4) is 0 Å². The molecule has 0 fully saturated rings. The molecule has 0 rings (SSSR count). The van der Waals surface area contributed by atoms with E-state index < -0.39 is 5.92 Å². The van der Waals surface area contributed by atoms with Gasteiger partial charge in [0.2, 0.25) is 0 Å². The second kappa shape index (κ2) is 5.73. The first kappa shape index (κ1) is 12.1. The summed E-state index contributed by atoms with van der Waals surface area (Å²) in [5, 5.41) is 0. The molecule has 0 aliphatic rings. The summed E-state index contributed by atoms with van der Waals surface area (Å²) in [6, 6.07) is 0. The standard InChI is InChI=1S/C10H18O3/c1-5-7(3)9(8(4)11)10(12)13-6-2/h7,9H,5-6H2,1-4H3/t7-,9+/m1/s1. The van der Waals surface area contributed by atoms with Gasteiger partial charge in [-0.05, 0) is 19.8 Å². The molecule has 2 atom stereocenters. The molecule has 0 aliphatic heterocycles. The normalized spacial score (nSPS) is 14.8. The van der Waals surface area contributed by atoms with Gasteiger partial charge in [0.15, 0.2) is 0 Å². The van der Waals surface area contributed by atoms with Crippen LogP contribution in [-0.4, -0.2) is 18.4 Å². The highest BCUT2D eigenvalue weighted by Crippen LogP contribution is 2.17. The number of carbonyl (C=O) groups excluding carboxylic acids is 2. The minimum atomic E-state index is -0.579. The number of carbonyl (C=O) groups is 2. The van der Waals surface area contributed by atoms with Crippen molar-refractivity contribution in [2.45, 2.75) is 34.1 Å². The molecule has 3 heteroatoms. The third-order valence-corrected chi connectivity index (χ3v) is 2.19.